The molecule has 0 aliphatic rings. The molecule has 0 aliphatic heterocycles. The first kappa shape index (κ1) is 7.87. The van der Waals surface area contributed by atoms with Crippen LogP contribution in [0.25, 0.3) is 11.5 Å². The van der Waals surface area contributed by atoms with Crippen molar-refractivity contribution in [2.24, 2.45) is 5.73 Å². The van der Waals surface area contributed by atoms with Gasteiger partial charge in [0, 0.05) is 0 Å². The molecule has 7 nitrogen and oxygen atoms in total. The molecule has 0 amide bonds. The smallest absolute Gasteiger partial charge is 0.243 e. The molecule has 7 heteroatoms. The quantitative estimate of drug-likeness (QED) is 0.666. The van der Waals surface area contributed by atoms with Crippen molar-refractivity contribution in [2.45, 2.75) is 13.0 Å². The number of nitrogens with two attached hydrogens (primary N) is 1. The lowest BCUT2D eigenvalue weighted by molar-refractivity contribution is 0.362. The van der Waals surface area contributed by atoms with Crippen molar-refractivity contribution in [3.8, 4) is 11.5 Å². The van der Waals surface area contributed by atoms with E-state index in [2.05, 4.69) is 25.6 Å². The van der Waals surface area contributed by atoms with Crippen LogP contribution in [0, 0.1) is 0 Å². The van der Waals surface area contributed by atoms with E-state index in [1.54, 1.807) is 6.92 Å². The first-order chi connectivity index (χ1) is 6.27. The maximum atomic E-state index is 5.54. The predicted octanol–water partition coefficient (Wildman–Crippen LogP) is -0.126. The molecule has 0 spiro atoms. The van der Waals surface area contributed by atoms with Gasteiger partial charge in [-0.3, -0.25) is 0 Å². The molecule has 2 aromatic rings. The number of aromatic amines is 1. The van der Waals surface area contributed by atoms with E-state index in [1.165, 1.54) is 6.20 Å². The zero-order valence-corrected chi connectivity index (χ0v) is 6.93. The minimum Gasteiger partial charge on any atom is -0.337 e. The highest BCUT2D eigenvalue weighted by Gasteiger charge is 2.12. The van der Waals surface area contributed by atoms with Crippen molar-refractivity contribution >= 4 is 0 Å². The van der Waals surface area contributed by atoms with Crippen LogP contribution < -0.4 is 5.73 Å². The second kappa shape index (κ2) is 2.94. The summed E-state index contributed by atoms with van der Waals surface area (Å²) in [5.41, 5.74) is 6.08. The average molecular weight is 180 g/mol. The lowest BCUT2D eigenvalue weighted by atomic mass is 10.4. The van der Waals surface area contributed by atoms with Gasteiger partial charge in [0.15, 0.2) is 5.69 Å². The number of aromatic nitrogens is 5. The summed E-state index contributed by atoms with van der Waals surface area (Å²) >= 11 is 0. The first-order valence-corrected chi connectivity index (χ1v) is 3.72. The Morgan fingerprint density at radius 3 is 3.00 bits per heavy atom. The van der Waals surface area contributed by atoms with E-state index in [-0.39, 0.29) is 6.04 Å². The fourth-order valence-corrected chi connectivity index (χ4v) is 0.834. The Bertz CT molecular complexity index is 377. The summed E-state index contributed by atoms with van der Waals surface area (Å²) in [4.78, 5) is 4.03. The van der Waals surface area contributed by atoms with E-state index in [1.807, 2.05) is 0 Å². The Kier molecular flexibility index (Phi) is 1.78. The van der Waals surface area contributed by atoms with Gasteiger partial charge < -0.3 is 10.3 Å². The largest absolute Gasteiger partial charge is 0.337 e. The Labute approximate surface area is 73.3 Å². The lowest BCUT2D eigenvalue weighted by Crippen LogP contribution is -2.04. The SMILES string of the molecule is C[C@@H](N)c1nc(-c2cn[nH]n2)no1. The normalized spacial score (nSPS) is 13.1. The molecule has 0 unspecified atom stereocenters. The number of hydrogen-bond donors (Lipinski definition) is 2. The average Bonchev–Trinajstić information content (AvgIpc) is 2.75. The van der Waals surface area contributed by atoms with Gasteiger partial charge in [0.25, 0.3) is 0 Å². The molecule has 0 bridgehead atoms. The highest BCUT2D eigenvalue weighted by Crippen LogP contribution is 2.13. The third-order valence-corrected chi connectivity index (χ3v) is 1.48. The van der Waals surface area contributed by atoms with E-state index in [0.717, 1.165) is 0 Å². The minimum atomic E-state index is -0.270. The summed E-state index contributed by atoms with van der Waals surface area (Å²) in [6.07, 6.45) is 1.51. The monoisotopic (exact) mass is 180 g/mol. The number of hydrogen-bond acceptors (Lipinski definition) is 6. The van der Waals surface area contributed by atoms with E-state index in [9.17, 15) is 0 Å². The van der Waals surface area contributed by atoms with Gasteiger partial charge >= 0.3 is 0 Å². The molecule has 0 saturated heterocycles. The lowest BCUT2D eigenvalue weighted by Gasteiger charge is -1.92. The molecular weight excluding hydrogens is 172 g/mol. The van der Waals surface area contributed by atoms with Crippen LogP contribution in [-0.2, 0) is 0 Å². The van der Waals surface area contributed by atoms with Crippen LogP contribution in [0.15, 0.2) is 10.7 Å². The van der Waals surface area contributed by atoms with Crippen LogP contribution in [0.5, 0.6) is 0 Å². The molecule has 2 rings (SSSR count). The number of rotatable bonds is 2. The third kappa shape index (κ3) is 1.41. The number of H-pyrrole nitrogens is 1. The predicted molar refractivity (Wildman–Crippen MR) is 42.3 cm³/mol. The Morgan fingerprint density at radius 1 is 1.62 bits per heavy atom. The molecular formula is C6H8N6O. The maximum absolute atomic E-state index is 5.54. The summed E-state index contributed by atoms with van der Waals surface area (Å²) in [5, 5.41) is 13.6. The van der Waals surface area contributed by atoms with Crippen LogP contribution in [0.3, 0.4) is 0 Å². The number of nitrogens with one attached hydrogen (secondary N) is 1. The molecule has 2 heterocycles. The van der Waals surface area contributed by atoms with Crippen LogP contribution in [-0.4, -0.2) is 25.6 Å². The van der Waals surface area contributed by atoms with Crippen molar-refractivity contribution in [1.29, 1.82) is 0 Å². The molecule has 1 atom stereocenters. The Balaban J connectivity index is 2.33. The summed E-state index contributed by atoms with van der Waals surface area (Å²) < 4.78 is 4.88. The second-order valence-corrected chi connectivity index (χ2v) is 2.60. The molecule has 0 aromatic carbocycles. The van der Waals surface area contributed by atoms with Crippen molar-refractivity contribution in [1.82, 2.24) is 25.6 Å². The highest BCUT2D eigenvalue weighted by molar-refractivity contribution is 5.44. The summed E-state index contributed by atoms with van der Waals surface area (Å²) in [7, 11) is 0. The van der Waals surface area contributed by atoms with E-state index < -0.39 is 0 Å². The molecule has 2 aromatic heterocycles. The van der Waals surface area contributed by atoms with E-state index in [0.29, 0.717) is 17.4 Å². The van der Waals surface area contributed by atoms with Crippen LogP contribution in [0.2, 0.25) is 0 Å². The summed E-state index contributed by atoms with van der Waals surface area (Å²) in [6, 6.07) is -0.270. The molecule has 0 radical (unpaired) electrons. The molecule has 68 valence electrons. The van der Waals surface area contributed by atoms with E-state index in [4.69, 9.17) is 10.3 Å². The Morgan fingerprint density at radius 2 is 2.46 bits per heavy atom. The van der Waals surface area contributed by atoms with Gasteiger partial charge in [-0.1, -0.05) is 5.16 Å². The van der Waals surface area contributed by atoms with Gasteiger partial charge in [-0.05, 0) is 6.92 Å². The summed E-state index contributed by atoms with van der Waals surface area (Å²) in [5.74, 6) is 0.777. The molecule has 13 heavy (non-hydrogen) atoms. The van der Waals surface area contributed by atoms with Gasteiger partial charge in [-0.2, -0.15) is 20.4 Å². The molecule has 3 N–H and O–H groups in total. The molecule has 0 fully saturated rings. The van der Waals surface area contributed by atoms with Crippen molar-refractivity contribution < 1.29 is 4.52 Å². The van der Waals surface area contributed by atoms with Gasteiger partial charge in [-0.25, -0.2) is 0 Å². The standard InChI is InChI=1S/C6H8N6O/c1-3(7)6-9-5(11-13-6)4-2-8-12-10-4/h2-3H,7H2,1H3,(H,8,10,12)/t3-/m1/s1. The van der Waals surface area contributed by atoms with Crippen molar-refractivity contribution in [3.63, 3.8) is 0 Å². The molecule has 0 saturated carbocycles. The maximum Gasteiger partial charge on any atom is 0.243 e. The summed E-state index contributed by atoms with van der Waals surface area (Å²) in [6.45, 7) is 1.76. The van der Waals surface area contributed by atoms with Crippen LogP contribution in [0.4, 0.5) is 0 Å². The topological polar surface area (TPSA) is 107 Å². The van der Waals surface area contributed by atoms with Crippen LogP contribution in [0.1, 0.15) is 18.9 Å². The van der Waals surface area contributed by atoms with Crippen LogP contribution >= 0.6 is 0 Å². The van der Waals surface area contributed by atoms with Gasteiger partial charge in [0.05, 0.1) is 12.2 Å². The fraction of sp³-hybridized carbons (Fsp3) is 0.333. The van der Waals surface area contributed by atoms with Gasteiger partial charge in [0.1, 0.15) is 0 Å². The number of nitrogens with zero attached hydrogens (tertiary/aromatic N) is 4. The highest BCUT2D eigenvalue weighted by atomic mass is 16.5. The molecule has 0 aliphatic carbocycles. The fourth-order valence-electron chi connectivity index (χ4n) is 0.834. The van der Waals surface area contributed by atoms with Crippen molar-refractivity contribution in [3.05, 3.63) is 12.1 Å². The van der Waals surface area contributed by atoms with Gasteiger partial charge in [0.2, 0.25) is 11.7 Å². The second-order valence-electron chi connectivity index (χ2n) is 2.60. The van der Waals surface area contributed by atoms with Crippen molar-refractivity contribution in [2.75, 3.05) is 0 Å². The minimum absolute atomic E-state index is 0.270. The van der Waals surface area contributed by atoms with Gasteiger partial charge in [-0.15, -0.1) is 0 Å². The zero-order valence-electron chi connectivity index (χ0n) is 6.93. The third-order valence-electron chi connectivity index (χ3n) is 1.48. The Hall–Kier alpha value is -1.76. The van der Waals surface area contributed by atoms with E-state index >= 15 is 0 Å². The first-order valence-electron chi connectivity index (χ1n) is 3.72. The zero-order chi connectivity index (χ0) is 9.26.